The first-order chi connectivity index (χ1) is 45.7. The number of benzene rings is 4. The maximum atomic E-state index is 14.6. The van der Waals surface area contributed by atoms with Gasteiger partial charge in [0.15, 0.2) is 35.4 Å². The van der Waals surface area contributed by atoms with Gasteiger partial charge in [-0.2, -0.15) is 0 Å². The van der Waals surface area contributed by atoms with Crippen LogP contribution in [0.25, 0.3) is 0 Å². The minimum atomic E-state index is -0.799. The molecule has 94 heavy (non-hydrogen) atoms. The van der Waals surface area contributed by atoms with Crippen molar-refractivity contribution in [3.63, 3.8) is 0 Å². The Labute approximate surface area is 553 Å². The van der Waals surface area contributed by atoms with Gasteiger partial charge in [0.05, 0.1) is 80.9 Å². The number of morpholine rings is 2. The highest BCUT2D eigenvalue weighted by Gasteiger charge is 2.40. The van der Waals surface area contributed by atoms with Gasteiger partial charge in [0.25, 0.3) is 5.91 Å². The second-order valence-electron chi connectivity index (χ2n) is 24.0. The molecule has 0 aliphatic carbocycles. The topological polar surface area (TPSA) is 238 Å². The van der Waals surface area contributed by atoms with Crippen molar-refractivity contribution < 1.29 is 85.6 Å². The lowest BCUT2D eigenvalue weighted by molar-refractivity contribution is -0.163. The quantitative estimate of drug-likeness (QED) is 0.0341. The first-order valence-electron chi connectivity index (χ1n) is 33.2. The van der Waals surface area contributed by atoms with E-state index in [0.717, 1.165) is 51.9 Å². The van der Waals surface area contributed by atoms with E-state index in [-0.39, 0.29) is 49.7 Å². The van der Waals surface area contributed by atoms with Gasteiger partial charge in [-0.25, -0.2) is 9.59 Å². The molecule has 4 aliphatic heterocycles. The molecular weight excluding hydrogens is 1210 g/mol. The fraction of sp³-hybridized carbons (Fsp3) is 0.577. The van der Waals surface area contributed by atoms with Crippen LogP contribution >= 0.6 is 0 Å². The SMILES string of the molecule is CC[C@H](C(=O)N1CCCC[C@H]1C(=O)O[C@H](CCN1CCOCC1)c1cccc(OCC(=O)CCCNC(=O)COc2cccc([C@@H](CCN3CCOCC3)OC(=O)[C@@H]3CCCCN3C(=O)[C@@H](CC)c3cc(OC)c(OC)c(OC)c3)c2)c1)c1cc(OC)c(OC)c(OC)c1. The number of ketones is 1. The van der Waals surface area contributed by atoms with Crippen LogP contribution in [0.5, 0.6) is 46.0 Å². The van der Waals surface area contributed by atoms with Crippen LogP contribution in [0, 0.1) is 0 Å². The van der Waals surface area contributed by atoms with E-state index in [4.69, 9.17) is 56.8 Å². The highest BCUT2D eigenvalue weighted by atomic mass is 16.6. The molecule has 4 aliphatic rings. The van der Waals surface area contributed by atoms with E-state index >= 15 is 0 Å². The summed E-state index contributed by atoms with van der Waals surface area (Å²) in [6.45, 7) is 11.1. The van der Waals surface area contributed by atoms with Crippen molar-refractivity contribution in [1.82, 2.24) is 24.9 Å². The van der Waals surface area contributed by atoms with E-state index in [1.165, 1.54) is 42.7 Å². The molecule has 0 unspecified atom stereocenters. The van der Waals surface area contributed by atoms with Crippen molar-refractivity contribution in [2.24, 2.45) is 0 Å². The van der Waals surface area contributed by atoms with Crippen LogP contribution in [0.1, 0.15) is 137 Å². The normalized spacial score (nSPS) is 18.3. The molecule has 1 N–H and O–H groups in total. The predicted molar refractivity (Wildman–Crippen MR) is 350 cm³/mol. The summed E-state index contributed by atoms with van der Waals surface area (Å²) in [5.41, 5.74) is 2.75. The molecule has 4 heterocycles. The van der Waals surface area contributed by atoms with Crippen LogP contribution < -0.4 is 43.2 Å². The molecule has 4 aromatic carbocycles. The zero-order valence-corrected chi connectivity index (χ0v) is 56.1. The first-order valence-corrected chi connectivity index (χ1v) is 33.2. The number of methoxy groups -OCH3 is 6. The molecule has 8 rings (SSSR count). The number of carbonyl (C=O) groups is 6. The minimum absolute atomic E-state index is 0.140. The average molecular weight is 1310 g/mol. The summed E-state index contributed by atoms with van der Waals surface area (Å²) in [4.78, 5) is 92.3. The molecule has 3 amide bonds. The zero-order chi connectivity index (χ0) is 66.9. The number of piperidine rings is 2. The lowest BCUT2D eigenvalue weighted by Crippen LogP contribution is -2.50. The molecule has 4 saturated heterocycles. The number of amides is 3. The maximum Gasteiger partial charge on any atom is 0.329 e. The number of likely N-dealkylation sites (tertiary alicyclic amines) is 2. The largest absolute Gasteiger partial charge is 0.493 e. The molecular formula is C71H97N5O18. The van der Waals surface area contributed by atoms with Crippen molar-refractivity contribution in [3.8, 4) is 46.0 Å². The lowest BCUT2D eigenvalue weighted by atomic mass is 9.91. The van der Waals surface area contributed by atoms with E-state index in [0.29, 0.717) is 166 Å². The molecule has 0 radical (unpaired) electrons. The van der Waals surface area contributed by atoms with Gasteiger partial charge in [0.1, 0.15) is 42.4 Å². The Morgan fingerprint density at radius 1 is 0.511 bits per heavy atom. The number of rotatable bonds is 34. The molecule has 0 bridgehead atoms. The van der Waals surface area contributed by atoms with Crippen LogP contribution in [-0.4, -0.2) is 208 Å². The second kappa shape index (κ2) is 36.7. The van der Waals surface area contributed by atoms with Gasteiger partial charge >= 0.3 is 11.9 Å². The number of nitrogens with one attached hydrogen (secondary N) is 1. The van der Waals surface area contributed by atoms with Gasteiger partial charge in [0, 0.05) is 78.2 Å². The minimum Gasteiger partial charge on any atom is -0.493 e. The van der Waals surface area contributed by atoms with Crippen LogP contribution in [0.15, 0.2) is 72.8 Å². The average Bonchev–Trinajstić information content (AvgIpc) is 0.814. The first kappa shape index (κ1) is 72.0. The number of esters is 2. The standard InChI is InChI=1S/C71H97N5O18/c1-9-55(50-42-61(83-3)66(87-7)62(43-50)84-4)68(79)75-28-13-11-23-57(75)70(81)93-59(25-30-73-32-36-89-37-33-73)48-18-15-21-53(40-48)91-46-52(77)20-17-27-72-65(78)47-92-54-22-16-19-49(41-54)60(26-31-74-34-38-90-39-35-74)94-71(82)58-24-12-14-29-76(58)69(80)56(10-2)51-44-63(85-5)67(88-8)64(45-51)86-6/h15-16,18-19,21-22,40-45,55-60H,9-14,17,20,23-39,46-47H2,1-8H3,(H,72,78)/t55-,56-,57-,58-,59+,60+/m0/s1. The number of ether oxygens (including phenoxy) is 12. The van der Waals surface area contributed by atoms with Crippen molar-refractivity contribution in [1.29, 1.82) is 0 Å². The highest BCUT2D eigenvalue weighted by Crippen LogP contribution is 2.44. The van der Waals surface area contributed by atoms with Gasteiger partial charge in [-0.3, -0.25) is 29.0 Å². The number of hydrogen-bond donors (Lipinski definition) is 1. The Morgan fingerprint density at radius 3 is 1.32 bits per heavy atom. The molecule has 6 atom stereocenters. The second-order valence-corrected chi connectivity index (χ2v) is 24.0. The Kier molecular flexibility index (Phi) is 28.1. The molecule has 514 valence electrons. The molecule has 4 aromatic rings. The molecule has 23 heteroatoms. The van der Waals surface area contributed by atoms with Crippen LogP contribution in [0.3, 0.4) is 0 Å². The predicted octanol–water partition coefficient (Wildman–Crippen LogP) is 8.42. The Balaban J connectivity index is 0.840. The summed E-state index contributed by atoms with van der Waals surface area (Å²) in [5.74, 6) is 0.349. The van der Waals surface area contributed by atoms with Crippen molar-refractivity contribution in [3.05, 3.63) is 95.1 Å². The molecule has 0 aromatic heterocycles. The van der Waals surface area contributed by atoms with E-state index < -0.39 is 48.1 Å². The van der Waals surface area contributed by atoms with Gasteiger partial charge < -0.3 is 72.0 Å². The third-order valence-electron chi connectivity index (χ3n) is 18.0. The summed E-state index contributed by atoms with van der Waals surface area (Å²) in [5, 5.41) is 2.84. The van der Waals surface area contributed by atoms with Gasteiger partial charge in [-0.15, -0.1) is 0 Å². The number of carbonyl (C=O) groups excluding carboxylic acids is 6. The molecule has 0 spiro atoms. The Hall–Kier alpha value is -7.86. The summed E-state index contributed by atoms with van der Waals surface area (Å²) >= 11 is 0. The van der Waals surface area contributed by atoms with Gasteiger partial charge in [0.2, 0.25) is 23.3 Å². The lowest BCUT2D eigenvalue weighted by Gasteiger charge is -2.37. The van der Waals surface area contributed by atoms with Crippen molar-refractivity contribution >= 4 is 35.4 Å². The zero-order valence-electron chi connectivity index (χ0n) is 56.1. The van der Waals surface area contributed by atoms with Crippen molar-refractivity contribution in [2.75, 3.05) is 141 Å². The number of nitrogens with zero attached hydrogens (tertiary/aromatic N) is 4. The Bertz CT molecular complexity index is 2880. The van der Waals surface area contributed by atoms with E-state index in [1.807, 2.05) is 26.0 Å². The molecule has 23 nitrogen and oxygen atoms in total. The van der Waals surface area contributed by atoms with Gasteiger partial charge in [-0.1, -0.05) is 38.1 Å². The van der Waals surface area contributed by atoms with Crippen LogP contribution in [0.2, 0.25) is 0 Å². The molecule has 4 fully saturated rings. The number of Topliss-reactive ketones (excluding diaryl/α,β-unsaturated/α-hetero) is 1. The monoisotopic (exact) mass is 1310 g/mol. The van der Waals surface area contributed by atoms with Gasteiger partial charge in [-0.05, 0) is 129 Å². The maximum absolute atomic E-state index is 14.6. The number of hydrogen-bond acceptors (Lipinski definition) is 20. The summed E-state index contributed by atoms with van der Waals surface area (Å²) in [7, 11) is 9.17. The smallest absolute Gasteiger partial charge is 0.329 e. The highest BCUT2D eigenvalue weighted by molar-refractivity contribution is 5.90. The summed E-state index contributed by atoms with van der Waals surface area (Å²) in [6, 6.07) is 19.9. The third-order valence-corrected chi connectivity index (χ3v) is 18.0. The van der Waals surface area contributed by atoms with Crippen LogP contribution in [0.4, 0.5) is 0 Å². The van der Waals surface area contributed by atoms with E-state index in [2.05, 4.69) is 15.1 Å². The van der Waals surface area contributed by atoms with Crippen LogP contribution in [-0.2, 0) is 47.7 Å². The van der Waals surface area contributed by atoms with Crippen molar-refractivity contribution in [2.45, 2.75) is 127 Å². The summed E-state index contributed by atoms with van der Waals surface area (Å²) < 4.78 is 69.6. The fourth-order valence-corrected chi connectivity index (χ4v) is 12.8. The van der Waals surface area contributed by atoms with E-state index in [9.17, 15) is 28.8 Å². The molecule has 0 saturated carbocycles. The fourth-order valence-electron chi connectivity index (χ4n) is 12.8. The Morgan fingerprint density at radius 2 is 0.926 bits per heavy atom. The van der Waals surface area contributed by atoms with E-state index in [1.54, 1.807) is 70.5 Å². The summed E-state index contributed by atoms with van der Waals surface area (Å²) in [6.07, 6.45) is 4.92. The third kappa shape index (κ3) is 19.4.